The van der Waals surface area contributed by atoms with Gasteiger partial charge in [-0.05, 0) is 18.1 Å². The predicted molar refractivity (Wildman–Crippen MR) is 74.6 cm³/mol. The number of nitrogens with two attached hydrogens (primary N) is 1. The van der Waals surface area contributed by atoms with Crippen molar-refractivity contribution in [3.8, 4) is 11.5 Å². The molecule has 0 saturated heterocycles. The lowest BCUT2D eigenvalue weighted by Crippen LogP contribution is -2.39. The largest absolute Gasteiger partial charge is 0.508 e. The molecular weight excluding hydrogens is 260 g/mol. The van der Waals surface area contributed by atoms with Crippen molar-refractivity contribution < 1.29 is 19.8 Å². The van der Waals surface area contributed by atoms with Gasteiger partial charge >= 0.3 is 0 Å². The number of hydrogen-bond acceptors (Lipinski definition) is 5. The summed E-state index contributed by atoms with van der Waals surface area (Å²) >= 11 is 0. The monoisotopic (exact) mass is 280 g/mol. The van der Waals surface area contributed by atoms with Crippen LogP contribution in [0.25, 0.3) is 0 Å². The molecule has 0 fully saturated rings. The Balaban J connectivity index is 2.81. The van der Waals surface area contributed by atoms with E-state index in [9.17, 15) is 19.8 Å². The number of phenolic OH excluding ortho intramolecular Hbond substituents is 2. The van der Waals surface area contributed by atoms with E-state index in [1.54, 1.807) is 4.90 Å². The summed E-state index contributed by atoms with van der Waals surface area (Å²) in [5, 5.41) is 18.8. The van der Waals surface area contributed by atoms with Crippen LogP contribution in [0.15, 0.2) is 18.2 Å². The zero-order valence-corrected chi connectivity index (χ0v) is 11.7. The van der Waals surface area contributed by atoms with Gasteiger partial charge in [0.05, 0.1) is 18.7 Å². The number of amides is 1. The van der Waals surface area contributed by atoms with Crippen molar-refractivity contribution >= 4 is 11.7 Å². The Morgan fingerprint density at radius 3 is 2.40 bits per heavy atom. The maximum Gasteiger partial charge on any atom is 0.231 e. The summed E-state index contributed by atoms with van der Waals surface area (Å²) in [6, 6.07) is 3.78. The maximum atomic E-state index is 12.1. The normalized spacial score (nSPS) is 11.0. The van der Waals surface area contributed by atoms with Crippen LogP contribution < -0.4 is 5.73 Å². The third kappa shape index (κ3) is 4.89. The summed E-state index contributed by atoms with van der Waals surface area (Å²) in [6.07, 6.45) is 0. The Hall–Kier alpha value is -2.08. The number of rotatable bonds is 7. The second kappa shape index (κ2) is 6.91. The first-order valence-electron chi connectivity index (χ1n) is 6.35. The molecule has 0 radical (unpaired) electrons. The average molecular weight is 280 g/mol. The molecule has 6 heteroatoms. The first-order chi connectivity index (χ1) is 9.29. The highest BCUT2D eigenvalue weighted by Crippen LogP contribution is 2.23. The van der Waals surface area contributed by atoms with Crippen LogP contribution in [0.5, 0.6) is 11.5 Å². The molecule has 4 N–H and O–H groups in total. The van der Waals surface area contributed by atoms with Gasteiger partial charge < -0.3 is 15.9 Å². The molecule has 1 aromatic carbocycles. The van der Waals surface area contributed by atoms with Crippen molar-refractivity contribution in [2.45, 2.75) is 13.8 Å². The van der Waals surface area contributed by atoms with Gasteiger partial charge in [0.25, 0.3) is 0 Å². The van der Waals surface area contributed by atoms with Gasteiger partial charge in [-0.15, -0.1) is 0 Å². The van der Waals surface area contributed by atoms with E-state index in [0.717, 1.165) is 6.07 Å². The molecule has 110 valence electrons. The van der Waals surface area contributed by atoms with Gasteiger partial charge in [0.15, 0.2) is 5.78 Å². The molecule has 1 aromatic rings. The minimum Gasteiger partial charge on any atom is -0.508 e. The molecule has 0 bridgehead atoms. The quantitative estimate of drug-likeness (QED) is 0.639. The van der Waals surface area contributed by atoms with Crippen LogP contribution in [0.1, 0.15) is 24.2 Å². The summed E-state index contributed by atoms with van der Waals surface area (Å²) in [6.45, 7) is 4.46. The average Bonchev–Trinajstić information content (AvgIpc) is 2.26. The Morgan fingerprint density at radius 2 is 1.90 bits per heavy atom. The van der Waals surface area contributed by atoms with Crippen LogP contribution in [-0.2, 0) is 4.79 Å². The zero-order chi connectivity index (χ0) is 15.3. The fraction of sp³-hybridized carbons (Fsp3) is 0.429. The van der Waals surface area contributed by atoms with E-state index in [1.807, 2.05) is 13.8 Å². The first kappa shape index (κ1) is 16.0. The number of carbonyl (C=O) groups is 2. The van der Waals surface area contributed by atoms with E-state index in [1.165, 1.54) is 12.1 Å². The molecule has 0 heterocycles. The molecule has 0 spiro atoms. The molecule has 0 saturated carbocycles. The Kier molecular flexibility index (Phi) is 5.52. The molecule has 6 nitrogen and oxygen atoms in total. The van der Waals surface area contributed by atoms with Crippen molar-refractivity contribution in [1.29, 1.82) is 0 Å². The molecule has 0 aliphatic heterocycles. The predicted octanol–water partition coefficient (Wildman–Crippen LogP) is 0.724. The van der Waals surface area contributed by atoms with Crippen LogP contribution in [0.4, 0.5) is 0 Å². The van der Waals surface area contributed by atoms with Gasteiger partial charge in [-0.2, -0.15) is 0 Å². The SMILES string of the molecule is CC(C)CN(CC(N)=O)CC(=O)c1ccc(O)cc1O. The summed E-state index contributed by atoms with van der Waals surface area (Å²) in [5.74, 6) is -0.956. The highest BCUT2D eigenvalue weighted by atomic mass is 16.3. The minimum absolute atomic E-state index is 0.0111. The van der Waals surface area contributed by atoms with Crippen molar-refractivity contribution in [2.75, 3.05) is 19.6 Å². The summed E-state index contributed by atoms with van der Waals surface area (Å²) in [4.78, 5) is 24.8. The summed E-state index contributed by atoms with van der Waals surface area (Å²) in [7, 11) is 0. The van der Waals surface area contributed by atoms with Crippen LogP contribution in [0, 0.1) is 5.92 Å². The number of nitrogens with zero attached hydrogens (tertiary/aromatic N) is 1. The van der Waals surface area contributed by atoms with Crippen molar-refractivity contribution in [3.63, 3.8) is 0 Å². The third-order valence-corrected chi connectivity index (χ3v) is 2.65. The van der Waals surface area contributed by atoms with Crippen molar-refractivity contribution in [2.24, 2.45) is 11.7 Å². The number of aromatic hydroxyl groups is 2. The number of benzene rings is 1. The van der Waals surface area contributed by atoms with Gasteiger partial charge in [-0.3, -0.25) is 14.5 Å². The standard InChI is InChI=1S/C14H20N2O4/c1-9(2)6-16(8-14(15)20)7-13(19)11-4-3-10(17)5-12(11)18/h3-5,9,17-18H,6-8H2,1-2H3,(H2,15,20). The first-order valence-corrected chi connectivity index (χ1v) is 6.35. The summed E-state index contributed by atoms with van der Waals surface area (Å²) in [5.41, 5.74) is 5.27. The molecular formula is C14H20N2O4. The topological polar surface area (TPSA) is 104 Å². The Labute approximate surface area is 117 Å². The molecule has 20 heavy (non-hydrogen) atoms. The fourth-order valence-electron chi connectivity index (χ4n) is 1.97. The van der Waals surface area contributed by atoms with Crippen LogP contribution in [0.2, 0.25) is 0 Å². The van der Waals surface area contributed by atoms with Crippen molar-refractivity contribution in [1.82, 2.24) is 4.90 Å². The van der Waals surface area contributed by atoms with Gasteiger partial charge in [-0.1, -0.05) is 13.8 Å². The zero-order valence-electron chi connectivity index (χ0n) is 11.7. The number of primary amides is 1. The number of carbonyl (C=O) groups excluding carboxylic acids is 2. The highest BCUT2D eigenvalue weighted by molar-refractivity contribution is 6.00. The lowest BCUT2D eigenvalue weighted by molar-refractivity contribution is -0.119. The lowest BCUT2D eigenvalue weighted by Gasteiger charge is -2.22. The van der Waals surface area contributed by atoms with Crippen LogP contribution >= 0.6 is 0 Å². The third-order valence-electron chi connectivity index (χ3n) is 2.65. The maximum absolute atomic E-state index is 12.1. The molecule has 1 amide bonds. The van der Waals surface area contributed by atoms with E-state index in [0.29, 0.717) is 6.54 Å². The molecule has 0 aromatic heterocycles. The highest BCUT2D eigenvalue weighted by Gasteiger charge is 2.18. The fourth-order valence-corrected chi connectivity index (χ4v) is 1.97. The molecule has 0 aliphatic carbocycles. The number of phenols is 2. The smallest absolute Gasteiger partial charge is 0.231 e. The van der Waals surface area contributed by atoms with Crippen LogP contribution in [-0.4, -0.2) is 46.4 Å². The molecule has 0 unspecified atom stereocenters. The Bertz CT molecular complexity index is 500. The van der Waals surface area contributed by atoms with E-state index in [-0.39, 0.29) is 41.9 Å². The second-order valence-corrected chi connectivity index (χ2v) is 5.15. The van der Waals surface area contributed by atoms with Crippen LogP contribution in [0.3, 0.4) is 0 Å². The number of ketones is 1. The van der Waals surface area contributed by atoms with E-state index in [4.69, 9.17) is 5.73 Å². The van der Waals surface area contributed by atoms with E-state index in [2.05, 4.69) is 0 Å². The van der Waals surface area contributed by atoms with E-state index >= 15 is 0 Å². The molecule has 0 aliphatic rings. The van der Waals surface area contributed by atoms with Gasteiger partial charge in [0, 0.05) is 12.6 Å². The molecule has 0 atom stereocenters. The minimum atomic E-state index is -0.506. The van der Waals surface area contributed by atoms with Gasteiger partial charge in [-0.25, -0.2) is 0 Å². The van der Waals surface area contributed by atoms with Gasteiger partial charge in [0.1, 0.15) is 11.5 Å². The second-order valence-electron chi connectivity index (χ2n) is 5.15. The number of hydrogen-bond donors (Lipinski definition) is 3. The van der Waals surface area contributed by atoms with Crippen molar-refractivity contribution in [3.05, 3.63) is 23.8 Å². The Morgan fingerprint density at radius 1 is 1.25 bits per heavy atom. The van der Waals surface area contributed by atoms with Gasteiger partial charge in [0.2, 0.25) is 5.91 Å². The number of Topliss-reactive ketones (excluding diaryl/α,β-unsaturated/α-hetero) is 1. The van der Waals surface area contributed by atoms with E-state index < -0.39 is 5.91 Å². The lowest BCUT2D eigenvalue weighted by atomic mass is 10.1. The summed E-state index contributed by atoms with van der Waals surface area (Å²) < 4.78 is 0. The molecule has 1 rings (SSSR count).